The predicted octanol–water partition coefficient (Wildman–Crippen LogP) is 1.77. The largest absolute Gasteiger partial charge is 0.366 e. The average Bonchev–Trinajstić information content (AvgIpc) is 2.41. The molecule has 4 N–H and O–H groups in total. The Bertz CT molecular complexity index is 513. The van der Waals surface area contributed by atoms with Crippen molar-refractivity contribution in [2.75, 3.05) is 18.4 Å². The van der Waals surface area contributed by atoms with Gasteiger partial charge >= 0.3 is 0 Å². The van der Waals surface area contributed by atoms with Gasteiger partial charge in [-0.2, -0.15) is 0 Å². The lowest BCUT2D eigenvalue weighted by atomic mass is 9.94. The number of amides is 2. The number of anilines is 1. The number of primary amides is 1. The van der Waals surface area contributed by atoms with Gasteiger partial charge in [0.25, 0.3) is 0 Å². The van der Waals surface area contributed by atoms with Crippen LogP contribution in [0.15, 0.2) is 18.2 Å². The fourth-order valence-corrected chi connectivity index (χ4v) is 2.56. The molecule has 1 aromatic carbocycles. The zero-order chi connectivity index (χ0) is 14.5. The van der Waals surface area contributed by atoms with Crippen LogP contribution in [0, 0.1) is 5.92 Å². The molecule has 0 aromatic heterocycles. The van der Waals surface area contributed by atoms with Crippen LogP contribution in [0.1, 0.15) is 29.6 Å². The molecule has 0 saturated carbocycles. The summed E-state index contributed by atoms with van der Waals surface area (Å²) in [5, 5.41) is 6.34. The van der Waals surface area contributed by atoms with Gasteiger partial charge in [-0.1, -0.05) is 11.6 Å². The molecule has 1 saturated heterocycles. The standard InChI is InChI=1S/C14H18ClN3O2/c15-12-2-1-10(8-11(12)14(16)20)18-13(19)7-9-3-5-17-6-4-9/h1-2,8-9,17H,3-7H2,(H2,16,20)(H,18,19). The van der Waals surface area contributed by atoms with Crippen molar-refractivity contribution in [2.24, 2.45) is 11.7 Å². The first kappa shape index (κ1) is 14.8. The van der Waals surface area contributed by atoms with E-state index in [2.05, 4.69) is 10.6 Å². The molecule has 1 aromatic rings. The molecule has 0 atom stereocenters. The van der Waals surface area contributed by atoms with E-state index in [-0.39, 0.29) is 16.5 Å². The molecular formula is C14H18ClN3O2. The maximum absolute atomic E-state index is 12.0. The maximum atomic E-state index is 12.0. The molecule has 108 valence electrons. The van der Waals surface area contributed by atoms with Crippen molar-refractivity contribution in [1.82, 2.24) is 5.32 Å². The highest BCUT2D eigenvalue weighted by Crippen LogP contribution is 2.21. The summed E-state index contributed by atoms with van der Waals surface area (Å²) in [7, 11) is 0. The second kappa shape index (κ2) is 6.72. The molecule has 1 fully saturated rings. The average molecular weight is 296 g/mol. The molecule has 0 spiro atoms. The van der Waals surface area contributed by atoms with Crippen LogP contribution < -0.4 is 16.4 Å². The Hall–Kier alpha value is -1.59. The Morgan fingerprint density at radius 2 is 2.05 bits per heavy atom. The third kappa shape index (κ3) is 3.95. The molecule has 0 unspecified atom stereocenters. The topological polar surface area (TPSA) is 84.2 Å². The van der Waals surface area contributed by atoms with Crippen molar-refractivity contribution in [3.8, 4) is 0 Å². The zero-order valence-corrected chi connectivity index (χ0v) is 11.9. The molecule has 6 heteroatoms. The van der Waals surface area contributed by atoms with E-state index in [4.69, 9.17) is 17.3 Å². The van der Waals surface area contributed by atoms with Crippen molar-refractivity contribution in [1.29, 1.82) is 0 Å². The minimum Gasteiger partial charge on any atom is -0.366 e. The Morgan fingerprint density at radius 3 is 2.70 bits per heavy atom. The molecule has 5 nitrogen and oxygen atoms in total. The second-order valence-electron chi connectivity index (χ2n) is 5.00. The summed E-state index contributed by atoms with van der Waals surface area (Å²) in [6.45, 7) is 1.93. The van der Waals surface area contributed by atoms with Crippen molar-refractivity contribution in [3.63, 3.8) is 0 Å². The van der Waals surface area contributed by atoms with Crippen LogP contribution in [0.2, 0.25) is 5.02 Å². The van der Waals surface area contributed by atoms with Crippen molar-refractivity contribution >= 4 is 29.1 Å². The fourth-order valence-electron chi connectivity index (χ4n) is 2.35. The van der Waals surface area contributed by atoms with Crippen LogP contribution in [0.4, 0.5) is 5.69 Å². The van der Waals surface area contributed by atoms with Gasteiger partial charge < -0.3 is 16.4 Å². The molecule has 1 aliphatic rings. The van der Waals surface area contributed by atoms with E-state index in [0.29, 0.717) is 18.0 Å². The first-order chi connectivity index (χ1) is 9.56. The lowest BCUT2D eigenvalue weighted by Gasteiger charge is -2.22. The summed E-state index contributed by atoms with van der Waals surface area (Å²) in [5.74, 6) is -0.238. The van der Waals surface area contributed by atoms with Crippen LogP contribution in [-0.4, -0.2) is 24.9 Å². The summed E-state index contributed by atoms with van der Waals surface area (Å²) in [6, 6.07) is 4.72. The number of nitrogens with two attached hydrogens (primary N) is 1. The smallest absolute Gasteiger partial charge is 0.250 e. The van der Waals surface area contributed by atoms with E-state index in [1.165, 1.54) is 6.07 Å². The number of hydrogen-bond donors (Lipinski definition) is 3. The third-order valence-corrected chi connectivity index (χ3v) is 3.78. The SMILES string of the molecule is NC(=O)c1cc(NC(=O)CC2CCNCC2)ccc1Cl. The quantitative estimate of drug-likeness (QED) is 0.791. The molecule has 1 aliphatic heterocycles. The van der Waals surface area contributed by atoms with Gasteiger partial charge in [-0.3, -0.25) is 9.59 Å². The van der Waals surface area contributed by atoms with Gasteiger partial charge in [0.1, 0.15) is 0 Å². The molecule has 20 heavy (non-hydrogen) atoms. The fraction of sp³-hybridized carbons (Fsp3) is 0.429. The van der Waals surface area contributed by atoms with E-state index in [1.54, 1.807) is 12.1 Å². The van der Waals surface area contributed by atoms with Crippen LogP contribution in [0.5, 0.6) is 0 Å². The Balaban J connectivity index is 1.96. The van der Waals surface area contributed by atoms with Gasteiger partial charge in [-0.05, 0) is 50.0 Å². The Kier molecular flexibility index (Phi) is 4.98. The number of rotatable bonds is 4. The Morgan fingerprint density at radius 1 is 1.35 bits per heavy atom. The number of carbonyl (C=O) groups is 2. The number of nitrogens with one attached hydrogen (secondary N) is 2. The molecule has 0 radical (unpaired) electrons. The first-order valence-corrected chi connectivity index (χ1v) is 7.04. The van der Waals surface area contributed by atoms with E-state index in [9.17, 15) is 9.59 Å². The van der Waals surface area contributed by atoms with Crippen LogP contribution in [-0.2, 0) is 4.79 Å². The lowest BCUT2D eigenvalue weighted by Crippen LogP contribution is -2.30. The van der Waals surface area contributed by atoms with Crippen LogP contribution in [0.3, 0.4) is 0 Å². The lowest BCUT2D eigenvalue weighted by molar-refractivity contribution is -0.117. The van der Waals surface area contributed by atoms with Gasteiger partial charge in [0, 0.05) is 12.1 Å². The number of benzene rings is 1. The predicted molar refractivity (Wildman–Crippen MR) is 78.8 cm³/mol. The van der Waals surface area contributed by atoms with Crippen molar-refractivity contribution < 1.29 is 9.59 Å². The highest BCUT2D eigenvalue weighted by molar-refractivity contribution is 6.33. The molecule has 0 bridgehead atoms. The Labute approximate surface area is 122 Å². The summed E-state index contributed by atoms with van der Waals surface area (Å²) in [4.78, 5) is 23.2. The van der Waals surface area contributed by atoms with Gasteiger partial charge in [0.2, 0.25) is 11.8 Å². The summed E-state index contributed by atoms with van der Waals surface area (Å²) < 4.78 is 0. The third-order valence-electron chi connectivity index (χ3n) is 3.45. The summed E-state index contributed by atoms with van der Waals surface area (Å²) >= 11 is 5.86. The number of carbonyl (C=O) groups excluding carboxylic acids is 2. The molecule has 1 heterocycles. The molecule has 0 aliphatic carbocycles. The number of halogens is 1. The maximum Gasteiger partial charge on any atom is 0.250 e. The number of hydrogen-bond acceptors (Lipinski definition) is 3. The van der Waals surface area contributed by atoms with Gasteiger partial charge in [0.15, 0.2) is 0 Å². The van der Waals surface area contributed by atoms with E-state index in [1.807, 2.05) is 0 Å². The normalized spacial score (nSPS) is 15.8. The summed E-state index contributed by atoms with van der Waals surface area (Å²) in [6.07, 6.45) is 2.53. The monoisotopic (exact) mass is 295 g/mol. The van der Waals surface area contributed by atoms with Crippen LogP contribution >= 0.6 is 11.6 Å². The van der Waals surface area contributed by atoms with E-state index >= 15 is 0 Å². The minimum atomic E-state index is -0.607. The first-order valence-electron chi connectivity index (χ1n) is 6.66. The molecular weight excluding hydrogens is 278 g/mol. The molecule has 2 amide bonds. The van der Waals surface area contributed by atoms with E-state index in [0.717, 1.165) is 25.9 Å². The van der Waals surface area contributed by atoms with Gasteiger partial charge in [-0.15, -0.1) is 0 Å². The van der Waals surface area contributed by atoms with Crippen molar-refractivity contribution in [3.05, 3.63) is 28.8 Å². The number of piperidine rings is 1. The van der Waals surface area contributed by atoms with Crippen molar-refractivity contribution in [2.45, 2.75) is 19.3 Å². The zero-order valence-electron chi connectivity index (χ0n) is 11.1. The van der Waals surface area contributed by atoms with E-state index < -0.39 is 5.91 Å². The second-order valence-corrected chi connectivity index (χ2v) is 5.41. The summed E-state index contributed by atoms with van der Waals surface area (Å²) in [5.41, 5.74) is 5.98. The highest BCUT2D eigenvalue weighted by Gasteiger charge is 2.17. The highest BCUT2D eigenvalue weighted by atomic mass is 35.5. The van der Waals surface area contributed by atoms with Gasteiger partial charge in [0.05, 0.1) is 10.6 Å². The van der Waals surface area contributed by atoms with Gasteiger partial charge in [-0.25, -0.2) is 0 Å². The van der Waals surface area contributed by atoms with Crippen LogP contribution in [0.25, 0.3) is 0 Å². The minimum absolute atomic E-state index is 0.0466. The molecule has 2 rings (SSSR count).